The number of rotatable bonds is 8. The first-order chi connectivity index (χ1) is 7.63. The number of likely N-dealkylation sites (N-methyl/N-ethyl adjacent to an activating group) is 1. The largest absolute Gasteiger partial charge is 0.480 e. The minimum Gasteiger partial charge on any atom is -0.480 e. The molecule has 6 heteroatoms. The van der Waals surface area contributed by atoms with Crippen molar-refractivity contribution >= 4 is 31.0 Å². The van der Waals surface area contributed by atoms with Crippen LogP contribution in [0.15, 0.2) is 0 Å². The smallest absolute Gasteiger partial charge is 0.321 e. The van der Waals surface area contributed by atoms with Gasteiger partial charge in [-0.05, 0) is 19.5 Å². The number of unbranched alkanes of at least 4 members (excludes halogenated alkanes) is 3. The molecule has 0 aliphatic heterocycles. The van der Waals surface area contributed by atoms with Crippen molar-refractivity contribution in [2.24, 2.45) is 5.73 Å². The molecule has 0 aromatic heterocycles. The monoisotopic (exact) mass is 286 g/mol. The van der Waals surface area contributed by atoms with Crippen LogP contribution < -0.4 is 11.1 Å². The van der Waals surface area contributed by atoms with E-state index in [-0.39, 0.29) is 12.4 Å². The SMILES string of the molecule is CCCCCCN.CCN[C@@H](CS)C(=O)O.Cl. The topological polar surface area (TPSA) is 75.3 Å². The molecular formula is C11H27ClN2O2S. The molecule has 1 atom stereocenters. The van der Waals surface area contributed by atoms with Gasteiger partial charge in [-0.25, -0.2) is 0 Å². The van der Waals surface area contributed by atoms with Crippen LogP contribution in [-0.4, -0.2) is 36.0 Å². The van der Waals surface area contributed by atoms with E-state index >= 15 is 0 Å². The van der Waals surface area contributed by atoms with Crippen LogP contribution in [-0.2, 0) is 4.79 Å². The average Bonchev–Trinajstić information content (AvgIpc) is 2.27. The Hall–Kier alpha value is 0.0300. The second-order valence-electron chi connectivity index (χ2n) is 3.48. The van der Waals surface area contributed by atoms with Gasteiger partial charge >= 0.3 is 5.97 Å². The molecule has 0 radical (unpaired) electrons. The number of carboxylic acid groups (broad SMARTS) is 1. The van der Waals surface area contributed by atoms with E-state index in [1.54, 1.807) is 0 Å². The molecule has 0 saturated heterocycles. The van der Waals surface area contributed by atoms with Gasteiger partial charge in [0.1, 0.15) is 6.04 Å². The maximum Gasteiger partial charge on any atom is 0.321 e. The highest BCUT2D eigenvalue weighted by molar-refractivity contribution is 7.80. The number of carboxylic acids is 1. The molecule has 0 aromatic rings. The summed E-state index contributed by atoms with van der Waals surface area (Å²) in [7, 11) is 0. The zero-order valence-electron chi connectivity index (χ0n) is 10.8. The van der Waals surface area contributed by atoms with Crippen molar-refractivity contribution < 1.29 is 9.90 Å². The van der Waals surface area contributed by atoms with E-state index in [0.717, 1.165) is 6.54 Å². The van der Waals surface area contributed by atoms with E-state index in [0.29, 0.717) is 12.3 Å². The molecule has 0 bridgehead atoms. The Labute approximate surface area is 117 Å². The highest BCUT2D eigenvalue weighted by Crippen LogP contribution is 1.95. The summed E-state index contributed by atoms with van der Waals surface area (Å²) in [5.41, 5.74) is 5.27. The van der Waals surface area contributed by atoms with Crippen molar-refractivity contribution in [1.82, 2.24) is 5.32 Å². The summed E-state index contributed by atoms with van der Waals surface area (Å²) in [6.45, 7) is 5.59. The first-order valence-corrected chi connectivity index (χ1v) is 6.54. The van der Waals surface area contributed by atoms with Crippen LogP contribution in [0.2, 0.25) is 0 Å². The summed E-state index contributed by atoms with van der Waals surface area (Å²) in [5.74, 6) is -0.504. The Morgan fingerprint density at radius 2 is 1.94 bits per heavy atom. The van der Waals surface area contributed by atoms with Gasteiger partial charge in [0.05, 0.1) is 0 Å². The van der Waals surface area contributed by atoms with Gasteiger partial charge in [0.25, 0.3) is 0 Å². The van der Waals surface area contributed by atoms with Crippen LogP contribution in [0.4, 0.5) is 0 Å². The summed E-state index contributed by atoms with van der Waals surface area (Å²) in [4.78, 5) is 10.2. The van der Waals surface area contributed by atoms with Gasteiger partial charge in [0.15, 0.2) is 0 Å². The molecule has 0 fully saturated rings. The summed E-state index contributed by atoms with van der Waals surface area (Å²) in [5, 5.41) is 11.1. The van der Waals surface area contributed by atoms with Crippen LogP contribution in [0.3, 0.4) is 0 Å². The average molecular weight is 287 g/mol. The quantitative estimate of drug-likeness (QED) is 0.406. The Balaban J connectivity index is -0.000000224. The van der Waals surface area contributed by atoms with Gasteiger partial charge in [0, 0.05) is 5.75 Å². The fraction of sp³-hybridized carbons (Fsp3) is 0.909. The number of carbonyl (C=O) groups is 1. The number of hydrogen-bond donors (Lipinski definition) is 4. The van der Waals surface area contributed by atoms with Gasteiger partial charge in [-0.2, -0.15) is 12.6 Å². The number of aliphatic carboxylic acids is 1. The maximum atomic E-state index is 10.2. The molecule has 4 N–H and O–H groups in total. The lowest BCUT2D eigenvalue weighted by molar-refractivity contribution is -0.138. The van der Waals surface area contributed by atoms with E-state index in [1.807, 2.05) is 6.92 Å². The lowest BCUT2D eigenvalue weighted by atomic mass is 10.2. The van der Waals surface area contributed by atoms with Gasteiger partial charge in [-0.1, -0.05) is 33.1 Å². The number of hydrogen-bond acceptors (Lipinski definition) is 4. The predicted molar refractivity (Wildman–Crippen MR) is 79.4 cm³/mol. The standard InChI is InChI=1S/C6H15N.C5H11NO2S.ClH/c1-2-3-4-5-6-7;1-2-6-4(3-9)5(7)8;/h2-7H2,1H3;4,6,9H,2-3H2,1H3,(H,7,8);1H/t;4-;/m.0./s1. The molecule has 17 heavy (non-hydrogen) atoms. The van der Waals surface area contributed by atoms with Crippen LogP contribution >= 0.6 is 25.0 Å². The number of nitrogens with one attached hydrogen (secondary N) is 1. The predicted octanol–water partition coefficient (Wildman–Crippen LogP) is 1.93. The fourth-order valence-electron chi connectivity index (χ4n) is 1.05. The zero-order valence-corrected chi connectivity index (χ0v) is 12.5. The molecule has 4 nitrogen and oxygen atoms in total. The van der Waals surface area contributed by atoms with Crippen molar-refractivity contribution in [2.45, 2.75) is 45.6 Å². The first kappa shape index (κ1) is 22.2. The van der Waals surface area contributed by atoms with Crippen molar-refractivity contribution in [1.29, 1.82) is 0 Å². The molecule has 0 amide bonds. The summed E-state index contributed by atoms with van der Waals surface area (Å²) in [6, 6.07) is -0.502. The highest BCUT2D eigenvalue weighted by atomic mass is 35.5. The molecule has 0 heterocycles. The molecule has 0 saturated carbocycles. The minimum absolute atomic E-state index is 0. The molecule has 0 rings (SSSR count). The Morgan fingerprint density at radius 3 is 2.18 bits per heavy atom. The van der Waals surface area contributed by atoms with Crippen LogP contribution in [0.25, 0.3) is 0 Å². The number of nitrogens with two attached hydrogens (primary N) is 1. The lowest BCUT2D eigenvalue weighted by Crippen LogP contribution is -2.37. The van der Waals surface area contributed by atoms with E-state index in [2.05, 4.69) is 24.9 Å². The van der Waals surface area contributed by atoms with Crippen molar-refractivity contribution in [2.75, 3.05) is 18.8 Å². The van der Waals surface area contributed by atoms with Gasteiger partial charge in [-0.15, -0.1) is 12.4 Å². The van der Waals surface area contributed by atoms with Gasteiger partial charge in [0.2, 0.25) is 0 Å². The van der Waals surface area contributed by atoms with E-state index < -0.39 is 12.0 Å². The van der Waals surface area contributed by atoms with E-state index in [4.69, 9.17) is 10.8 Å². The molecule has 0 aromatic carbocycles. The molecule has 0 spiro atoms. The Kier molecular flexibility index (Phi) is 24.1. The minimum atomic E-state index is -0.841. The fourth-order valence-corrected chi connectivity index (χ4v) is 1.33. The normalized spacial score (nSPS) is 10.8. The first-order valence-electron chi connectivity index (χ1n) is 5.91. The van der Waals surface area contributed by atoms with Crippen molar-refractivity contribution in [3.05, 3.63) is 0 Å². The third kappa shape index (κ3) is 18.6. The van der Waals surface area contributed by atoms with Crippen molar-refractivity contribution in [3.8, 4) is 0 Å². The van der Waals surface area contributed by atoms with Crippen LogP contribution in [0, 0.1) is 0 Å². The number of halogens is 1. The highest BCUT2D eigenvalue weighted by Gasteiger charge is 2.11. The second kappa shape index (κ2) is 18.4. The summed E-state index contributed by atoms with van der Waals surface area (Å²) < 4.78 is 0. The Bertz CT molecular complexity index is 158. The van der Waals surface area contributed by atoms with Gasteiger partial charge < -0.3 is 16.2 Å². The Morgan fingerprint density at radius 1 is 1.35 bits per heavy atom. The van der Waals surface area contributed by atoms with Crippen LogP contribution in [0.1, 0.15) is 39.5 Å². The lowest BCUT2D eigenvalue weighted by Gasteiger charge is -2.07. The van der Waals surface area contributed by atoms with Gasteiger partial charge in [-0.3, -0.25) is 4.79 Å². The summed E-state index contributed by atoms with van der Waals surface area (Å²) in [6.07, 6.45) is 5.16. The zero-order chi connectivity index (χ0) is 12.8. The van der Waals surface area contributed by atoms with Crippen LogP contribution in [0.5, 0.6) is 0 Å². The molecule has 0 aliphatic carbocycles. The molecular weight excluding hydrogens is 260 g/mol. The molecule has 106 valence electrons. The third-order valence-corrected chi connectivity index (χ3v) is 2.35. The number of thiol groups is 1. The second-order valence-corrected chi connectivity index (χ2v) is 3.85. The molecule has 0 aliphatic rings. The van der Waals surface area contributed by atoms with Crippen molar-refractivity contribution in [3.63, 3.8) is 0 Å². The molecule has 0 unspecified atom stereocenters. The third-order valence-electron chi connectivity index (χ3n) is 1.99. The summed E-state index contributed by atoms with van der Waals surface area (Å²) >= 11 is 3.85. The van der Waals surface area contributed by atoms with E-state index in [1.165, 1.54) is 25.7 Å². The van der Waals surface area contributed by atoms with E-state index in [9.17, 15) is 4.79 Å². The maximum absolute atomic E-state index is 10.2.